The van der Waals surface area contributed by atoms with Crippen LogP contribution in [0.2, 0.25) is 0 Å². The fourth-order valence-electron chi connectivity index (χ4n) is 3.32. The van der Waals surface area contributed by atoms with Crippen molar-refractivity contribution >= 4 is 0 Å². The van der Waals surface area contributed by atoms with Crippen molar-refractivity contribution in [2.45, 2.75) is 31.9 Å². The van der Waals surface area contributed by atoms with Gasteiger partial charge in [-0.05, 0) is 43.7 Å². The lowest BCUT2D eigenvalue weighted by atomic mass is 9.87. The maximum absolute atomic E-state index is 13.0. The molecule has 3 nitrogen and oxygen atoms in total. The molecule has 1 saturated heterocycles. The molecule has 1 aliphatic heterocycles. The molecule has 2 atom stereocenters. The normalized spacial score (nSPS) is 22.2. The van der Waals surface area contributed by atoms with Crippen LogP contribution in [0.3, 0.4) is 0 Å². The number of phenolic OH excluding ortho intramolecular Hbond substituents is 1. The minimum Gasteiger partial charge on any atom is -0.508 e. The average Bonchev–Trinajstić information content (AvgIpc) is 2.52. The fourth-order valence-corrected chi connectivity index (χ4v) is 3.32. The summed E-state index contributed by atoms with van der Waals surface area (Å²) >= 11 is 0. The van der Waals surface area contributed by atoms with E-state index in [0.29, 0.717) is 18.8 Å². The Morgan fingerprint density at radius 1 is 1.17 bits per heavy atom. The van der Waals surface area contributed by atoms with Crippen LogP contribution in [0.1, 0.15) is 29.0 Å². The van der Waals surface area contributed by atoms with Gasteiger partial charge in [0, 0.05) is 24.6 Å². The monoisotopic (exact) mass is 315 g/mol. The Labute approximate surface area is 136 Å². The van der Waals surface area contributed by atoms with E-state index in [9.17, 15) is 14.6 Å². The number of halogens is 1. The molecule has 0 spiro atoms. The highest BCUT2D eigenvalue weighted by Crippen LogP contribution is 2.30. The Morgan fingerprint density at radius 3 is 2.61 bits per heavy atom. The number of hydrogen-bond acceptors (Lipinski definition) is 3. The van der Waals surface area contributed by atoms with Gasteiger partial charge in [-0.3, -0.25) is 4.90 Å². The van der Waals surface area contributed by atoms with E-state index in [4.69, 9.17) is 0 Å². The predicted molar refractivity (Wildman–Crippen MR) is 87.9 cm³/mol. The van der Waals surface area contributed by atoms with Crippen LogP contribution in [-0.2, 0) is 6.54 Å². The summed E-state index contributed by atoms with van der Waals surface area (Å²) in [7, 11) is 0. The van der Waals surface area contributed by atoms with Gasteiger partial charge in [0.25, 0.3) is 0 Å². The summed E-state index contributed by atoms with van der Waals surface area (Å²) in [5, 5.41) is 20.4. The van der Waals surface area contributed by atoms with Gasteiger partial charge in [0.15, 0.2) is 0 Å². The summed E-state index contributed by atoms with van der Waals surface area (Å²) in [6.07, 6.45) is 0.334. The SMILES string of the molecule is Cc1ccc(O)c(CN2CC[C@@H](c3ccc(F)cc3)[C@H](O)C2)c1. The van der Waals surface area contributed by atoms with E-state index in [1.54, 1.807) is 18.2 Å². The summed E-state index contributed by atoms with van der Waals surface area (Å²) in [4.78, 5) is 2.15. The summed E-state index contributed by atoms with van der Waals surface area (Å²) in [6, 6.07) is 12.0. The van der Waals surface area contributed by atoms with Crippen LogP contribution in [0.25, 0.3) is 0 Å². The van der Waals surface area contributed by atoms with Gasteiger partial charge in [0.05, 0.1) is 6.10 Å². The number of aliphatic hydroxyl groups is 1. The lowest BCUT2D eigenvalue weighted by Crippen LogP contribution is -2.42. The van der Waals surface area contributed by atoms with Gasteiger partial charge in [-0.2, -0.15) is 0 Å². The average molecular weight is 315 g/mol. The lowest BCUT2D eigenvalue weighted by Gasteiger charge is -2.36. The molecule has 3 rings (SSSR count). The molecule has 0 unspecified atom stereocenters. The number of piperidine rings is 1. The van der Waals surface area contributed by atoms with Crippen molar-refractivity contribution in [1.82, 2.24) is 4.90 Å². The minimum atomic E-state index is -0.485. The molecule has 1 heterocycles. The van der Waals surface area contributed by atoms with E-state index in [1.165, 1.54) is 12.1 Å². The fraction of sp³-hybridized carbons (Fsp3) is 0.368. The van der Waals surface area contributed by atoms with Crippen molar-refractivity contribution in [2.75, 3.05) is 13.1 Å². The van der Waals surface area contributed by atoms with Crippen LogP contribution in [0.4, 0.5) is 4.39 Å². The van der Waals surface area contributed by atoms with Gasteiger partial charge < -0.3 is 10.2 Å². The molecule has 1 aliphatic rings. The minimum absolute atomic E-state index is 0.0398. The second kappa shape index (κ2) is 6.69. The van der Waals surface area contributed by atoms with Crippen molar-refractivity contribution in [3.63, 3.8) is 0 Å². The van der Waals surface area contributed by atoms with Gasteiger partial charge in [-0.25, -0.2) is 4.39 Å². The highest BCUT2D eigenvalue weighted by atomic mass is 19.1. The Morgan fingerprint density at radius 2 is 1.91 bits per heavy atom. The molecular weight excluding hydrogens is 293 g/mol. The number of nitrogens with zero attached hydrogens (tertiary/aromatic N) is 1. The maximum Gasteiger partial charge on any atom is 0.123 e. The first-order valence-electron chi connectivity index (χ1n) is 7.97. The highest BCUT2D eigenvalue weighted by Gasteiger charge is 2.29. The molecule has 4 heteroatoms. The zero-order chi connectivity index (χ0) is 16.4. The number of β-amino-alcohol motifs (C(OH)–C–C–N with tert-alkyl or cyclic N) is 1. The zero-order valence-corrected chi connectivity index (χ0v) is 13.2. The van der Waals surface area contributed by atoms with Gasteiger partial charge in [0.1, 0.15) is 11.6 Å². The lowest BCUT2D eigenvalue weighted by molar-refractivity contribution is 0.0473. The quantitative estimate of drug-likeness (QED) is 0.914. The summed E-state index contributed by atoms with van der Waals surface area (Å²) in [5.74, 6) is 0.0827. The van der Waals surface area contributed by atoms with E-state index >= 15 is 0 Å². The second-order valence-electron chi connectivity index (χ2n) is 6.38. The summed E-state index contributed by atoms with van der Waals surface area (Å²) in [6.45, 7) is 4.02. The molecule has 1 fully saturated rings. The van der Waals surface area contributed by atoms with Crippen LogP contribution >= 0.6 is 0 Å². The van der Waals surface area contributed by atoms with E-state index < -0.39 is 6.10 Å². The molecule has 2 aromatic rings. The smallest absolute Gasteiger partial charge is 0.123 e. The molecule has 0 aliphatic carbocycles. The molecule has 0 radical (unpaired) electrons. The van der Waals surface area contributed by atoms with Crippen LogP contribution in [-0.4, -0.2) is 34.3 Å². The number of phenols is 1. The zero-order valence-electron chi connectivity index (χ0n) is 13.2. The Bertz CT molecular complexity index is 672. The number of hydrogen-bond donors (Lipinski definition) is 2. The third-order valence-electron chi connectivity index (χ3n) is 4.59. The standard InChI is InChI=1S/C19H22FNO2/c1-13-2-7-18(22)15(10-13)11-21-9-8-17(19(23)12-21)14-3-5-16(20)6-4-14/h2-7,10,17,19,22-23H,8-9,11-12H2,1H3/t17-,19+/m0/s1. The molecule has 2 aromatic carbocycles. The molecule has 0 saturated carbocycles. The third kappa shape index (κ3) is 3.71. The number of rotatable bonds is 3. The van der Waals surface area contributed by atoms with Gasteiger partial charge in [-0.1, -0.05) is 29.8 Å². The predicted octanol–water partition coefficient (Wildman–Crippen LogP) is 3.19. The largest absolute Gasteiger partial charge is 0.508 e. The number of aromatic hydroxyl groups is 1. The van der Waals surface area contributed by atoms with Crippen molar-refractivity contribution in [1.29, 1.82) is 0 Å². The number of likely N-dealkylation sites (tertiary alicyclic amines) is 1. The van der Waals surface area contributed by atoms with E-state index in [1.807, 2.05) is 19.1 Å². The van der Waals surface area contributed by atoms with Gasteiger partial charge in [0.2, 0.25) is 0 Å². The van der Waals surface area contributed by atoms with Crippen molar-refractivity contribution in [3.05, 3.63) is 65.0 Å². The number of aryl methyl sites for hydroxylation is 1. The van der Waals surface area contributed by atoms with Crippen molar-refractivity contribution < 1.29 is 14.6 Å². The number of aliphatic hydroxyl groups excluding tert-OH is 1. The first-order valence-corrected chi connectivity index (χ1v) is 7.97. The molecule has 0 bridgehead atoms. The molecule has 0 aromatic heterocycles. The molecule has 2 N–H and O–H groups in total. The first-order chi connectivity index (χ1) is 11.0. The first kappa shape index (κ1) is 16.0. The summed E-state index contributed by atoms with van der Waals surface area (Å²) in [5.41, 5.74) is 2.98. The molecule has 23 heavy (non-hydrogen) atoms. The Hall–Kier alpha value is -1.91. The molecule has 122 valence electrons. The van der Waals surface area contributed by atoms with Gasteiger partial charge >= 0.3 is 0 Å². The van der Waals surface area contributed by atoms with E-state index in [0.717, 1.165) is 29.7 Å². The van der Waals surface area contributed by atoms with Crippen LogP contribution < -0.4 is 0 Å². The van der Waals surface area contributed by atoms with Crippen molar-refractivity contribution in [2.24, 2.45) is 0 Å². The molecular formula is C19H22FNO2. The maximum atomic E-state index is 13.0. The summed E-state index contributed by atoms with van der Waals surface area (Å²) < 4.78 is 13.0. The van der Waals surface area contributed by atoms with Crippen molar-refractivity contribution in [3.8, 4) is 5.75 Å². The number of benzene rings is 2. The topological polar surface area (TPSA) is 43.7 Å². The van der Waals surface area contributed by atoms with Crippen LogP contribution in [0.5, 0.6) is 5.75 Å². The second-order valence-corrected chi connectivity index (χ2v) is 6.38. The Balaban J connectivity index is 1.66. The van der Waals surface area contributed by atoms with Crippen LogP contribution in [0, 0.1) is 12.7 Å². The Kier molecular flexibility index (Phi) is 4.64. The van der Waals surface area contributed by atoms with E-state index in [2.05, 4.69) is 4.90 Å². The molecule has 0 amide bonds. The highest BCUT2D eigenvalue weighted by molar-refractivity contribution is 5.35. The van der Waals surface area contributed by atoms with Crippen LogP contribution in [0.15, 0.2) is 42.5 Å². The van der Waals surface area contributed by atoms with E-state index in [-0.39, 0.29) is 11.7 Å². The third-order valence-corrected chi connectivity index (χ3v) is 4.59. The van der Waals surface area contributed by atoms with Gasteiger partial charge in [-0.15, -0.1) is 0 Å².